The Labute approximate surface area is 188 Å². The van der Waals surface area contributed by atoms with Crippen molar-refractivity contribution in [1.29, 1.82) is 0 Å². The van der Waals surface area contributed by atoms with E-state index in [2.05, 4.69) is 25.9 Å². The van der Waals surface area contributed by atoms with Gasteiger partial charge < -0.3 is 20.9 Å². The van der Waals surface area contributed by atoms with Gasteiger partial charge in [-0.25, -0.2) is 13.8 Å². The molecule has 0 aliphatic rings. The molecule has 0 spiro atoms. The quantitative estimate of drug-likeness (QED) is 0.350. The summed E-state index contributed by atoms with van der Waals surface area (Å²) in [5.41, 5.74) is 3.24. The number of aryl methyl sites for hydroxylation is 1. The minimum atomic E-state index is -0.990. The van der Waals surface area contributed by atoms with Crippen molar-refractivity contribution in [1.82, 2.24) is 15.3 Å². The minimum absolute atomic E-state index is 0.0981. The van der Waals surface area contributed by atoms with Crippen molar-refractivity contribution in [3.63, 3.8) is 0 Å². The summed E-state index contributed by atoms with van der Waals surface area (Å²) in [5.74, 6) is -2.36. The monoisotopic (exact) mass is 449 g/mol. The number of amides is 2. The van der Waals surface area contributed by atoms with Crippen LogP contribution in [0.3, 0.4) is 0 Å². The van der Waals surface area contributed by atoms with E-state index in [0.717, 1.165) is 23.4 Å². The van der Waals surface area contributed by atoms with Crippen molar-refractivity contribution < 1.29 is 18.4 Å². The smallest absolute Gasteiger partial charge is 0.252 e. The minimum Gasteiger partial charge on any atom is -0.361 e. The molecule has 4 rings (SSSR count). The maximum Gasteiger partial charge on any atom is 0.252 e. The average molecular weight is 449 g/mol. The molecule has 168 valence electrons. The number of hydrogen-bond donors (Lipinski definition) is 4. The second kappa shape index (κ2) is 9.07. The van der Waals surface area contributed by atoms with Crippen molar-refractivity contribution in [2.45, 2.75) is 13.3 Å². The summed E-state index contributed by atoms with van der Waals surface area (Å²) in [4.78, 5) is 32.1. The highest BCUT2D eigenvalue weighted by atomic mass is 19.2. The molecule has 4 aromatic rings. The van der Waals surface area contributed by atoms with E-state index < -0.39 is 17.5 Å². The molecule has 0 atom stereocenters. The first-order valence-electron chi connectivity index (χ1n) is 10.2. The predicted octanol–water partition coefficient (Wildman–Crippen LogP) is 4.43. The second-order valence-electron chi connectivity index (χ2n) is 7.49. The summed E-state index contributed by atoms with van der Waals surface area (Å²) in [6, 6.07) is 11.2. The number of nitrogens with one attached hydrogen (secondary N) is 4. The summed E-state index contributed by atoms with van der Waals surface area (Å²) in [5, 5.41) is 8.89. The lowest BCUT2D eigenvalue weighted by atomic mass is 10.1. The van der Waals surface area contributed by atoms with Gasteiger partial charge >= 0.3 is 0 Å². The molecule has 4 N–H and O–H groups in total. The number of H-pyrrole nitrogens is 1. The summed E-state index contributed by atoms with van der Waals surface area (Å²) in [6.07, 6.45) is 2.85. The third kappa shape index (κ3) is 4.67. The highest BCUT2D eigenvalue weighted by Gasteiger charge is 2.16. The second-order valence-corrected chi connectivity index (χ2v) is 7.49. The molecule has 33 heavy (non-hydrogen) atoms. The van der Waals surface area contributed by atoms with Crippen LogP contribution in [0, 0.1) is 18.6 Å². The number of aromatic amines is 1. The maximum absolute atomic E-state index is 13.7. The molecule has 0 aliphatic carbocycles. The zero-order valence-electron chi connectivity index (χ0n) is 17.9. The number of hydrogen-bond acceptors (Lipinski definition) is 4. The largest absolute Gasteiger partial charge is 0.361 e. The third-order valence-electron chi connectivity index (χ3n) is 5.21. The number of fused-ring (bicyclic) bond motifs is 1. The molecular formula is C24H21F2N5O2. The predicted molar refractivity (Wildman–Crippen MR) is 123 cm³/mol. The number of anilines is 3. The van der Waals surface area contributed by atoms with Crippen LogP contribution in [0.2, 0.25) is 0 Å². The van der Waals surface area contributed by atoms with Gasteiger partial charge in [-0.1, -0.05) is 18.2 Å². The fourth-order valence-corrected chi connectivity index (χ4v) is 3.46. The van der Waals surface area contributed by atoms with E-state index in [9.17, 15) is 18.4 Å². The molecular weight excluding hydrogens is 428 g/mol. The fourth-order valence-electron chi connectivity index (χ4n) is 3.46. The molecule has 2 amide bonds. The maximum atomic E-state index is 13.7. The lowest BCUT2D eigenvalue weighted by Gasteiger charge is -2.15. The van der Waals surface area contributed by atoms with Crippen LogP contribution in [0.25, 0.3) is 10.9 Å². The summed E-state index contributed by atoms with van der Waals surface area (Å²) in [6.45, 7) is 1.93. The number of benzene rings is 2. The van der Waals surface area contributed by atoms with Crippen LogP contribution in [0.15, 0.2) is 54.9 Å². The first-order valence-corrected chi connectivity index (χ1v) is 10.2. The number of rotatable bonds is 6. The number of carbonyl (C=O) groups is 2. The number of pyridine rings is 1. The van der Waals surface area contributed by atoms with E-state index in [1.54, 1.807) is 0 Å². The molecule has 2 heterocycles. The number of nitrogens with zero attached hydrogens (tertiary/aromatic N) is 1. The number of halogens is 2. The van der Waals surface area contributed by atoms with Crippen LogP contribution in [0.5, 0.6) is 0 Å². The Hall–Kier alpha value is -4.27. The SMILES string of the molecule is CNC(=O)c1cnc(Nc2ccccc2C)c(NC(=O)Cc2c[nH]c3cc(F)c(F)cc23)c1. The Morgan fingerprint density at radius 1 is 1.06 bits per heavy atom. The summed E-state index contributed by atoms with van der Waals surface area (Å²) in [7, 11) is 1.50. The highest BCUT2D eigenvalue weighted by Crippen LogP contribution is 2.27. The van der Waals surface area contributed by atoms with Gasteiger partial charge in [0.1, 0.15) is 0 Å². The Morgan fingerprint density at radius 2 is 1.82 bits per heavy atom. The van der Waals surface area contributed by atoms with Gasteiger partial charge in [0, 0.05) is 42.1 Å². The number of carbonyl (C=O) groups excluding carboxylic acids is 2. The van der Waals surface area contributed by atoms with E-state index >= 15 is 0 Å². The zero-order valence-corrected chi connectivity index (χ0v) is 17.9. The highest BCUT2D eigenvalue weighted by molar-refractivity contribution is 6.00. The number of aromatic nitrogens is 2. The lowest BCUT2D eigenvalue weighted by Crippen LogP contribution is -2.20. The van der Waals surface area contributed by atoms with Crippen molar-refractivity contribution in [3.8, 4) is 0 Å². The Kier molecular flexibility index (Phi) is 6.03. The Balaban J connectivity index is 1.62. The topological polar surface area (TPSA) is 98.9 Å². The van der Waals surface area contributed by atoms with Crippen LogP contribution in [-0.2, 0) is 11.2 Å². The molecule has 0 fully saturated rings. The lowest BCUT2D eigenvalue weighted by molar-refractivity contribution is -0.115. The van der Waals surface area contributed by atoms with Gasteiger partial charge in [0.15, 0.2) is 17.5 Å². The van der Waals surface area contributed by atoms with Gasteiger partial charge in [0.05, 0.1) is 17.7 Å². The van der Waals surface area contributed by atoms with E-state index in [1.165, 1.54) is 25.5 Å². The van der Waals surface area contributed by atoms with E-state index in [1.807, 2.05) is 31.2 Å². The van der Waals surface area contributed by atoms with E-state index in [-0.39, 0.29) is 17.9 Å². The van der Waals surface area contributed by atoms with Crippen molar-refractivity contribution in [2.24, 2.45) is 0 Å². The van der Waals surface area contributed by atoms with Gasteiger partial charge in [0.25, 0.3) is 5.91 Å². The molecule has 0 saturated heterocycles. The van der Waals surface area contributed by atoms with Gasteiger partial charge in [-0.15, -0.1) is 0 Å². The van der Waals surface area contributed by atoms with Crippen LogP contribution in [0.4, 0.5) is 26.0 Å². The normalized spacial score (nSPS) is 10.8. The molecule has 0 saturated carbocycles. The molecule has 0 radical (unpaired) electrons. The van der Waals surface area contributed by atoms with Crippen LogP contribution < -0.4 is 16.0 Å². The first-order chi connectivity index (χ1) is 15.9. The summed E-state index contributed by atoms with van der Waals surface area (Å²) < 4.78 is 27.2. The van der Waals surface area contributed by atoms with E-state index in [4.69, 9.17) is 0 Å². The Bertz CT molecular complexity index is 1370. The molecule has 9 heteroatoms. The van der Waals surface area contributed by atoms with Crippen LogP contribution >= 0.6 is 0 Å². The Morgan fingerprint density at radius 3 is 2.58 bits per heavy atom. The van der Waals surface area contributed by atoms with Crippen LogP contribution in [-0.4, -0.2) is 28.8 Å². The molecule has 0 bridgehead atoms. The number of para-hydroxylation sites is 1. The van der Waals surface area contributed by atoms with Gasteiger partial charge in [-0.05, 0) is 36.2 Å². The van der Waals surface area contributed by atoms with Crippen molar-refractivity contribution in [3.05, 3.63) is 83.2 Å². The van der Waals surface area contributed by atoms with Crippen molar-refractivity contribution in [2.75, 3.05) is 17.7 Å². The molecule has 2 aromatic carbocycles. The fraction of sp³-hybridized carbons (Fsp3) is 0.125. The van der Waals surface area contributed by atoms with Crippen LogP contribution in [0.1, 0.15) is 21.5 Å². The summed E-state index contributed by atoms with van der Waals surface area (Å²) >= 11 is 0. The zero-order chi connectivity index (χ0) is 23.5. The van der Waals surface area contributed by atoms with Gasteiger partial charge in [-0.3, -0.25) is 9.59 Å². The molecule has 0 unspecified atom stereocenters. The van der Waals surface area contributed by atoms with Crippen molar-refractivity contribution >= 4 is 39.9 Å². The molecule has 0 aliphatic heterocycles. The molecule has 2 aromatic heterocycles. The first kappa shape index (κ1) is 21.9. The molecule has 7 nitrogen and oxygen atoms in total. The average Bonchev–Trinajstić information content (AvgIpc) is 3.17. The van der Waals surface area contributed by atoms with Gasteiger partial charge in [0.2, 0.25) is 5.91 Å². The third-order valence-corrected chi connectivity index (χ3v) is 5.21. The van der Waals surface area contributed by atoms with E-state index in [0.29, 0.717) is 28.0 Å². The standard InChI is InChI=1S/C24H21F2N5O2/c1-13-5-3-4-6-19(13)31-23-21(7-15(12-29-23)24(33)27-2)30-22(32)8-14-11-28-20-10-18(26)17(25)9-16(14)20/h3-7,9-12,28H,8H2,1-2H3,(H,27,33)(H,29,31)(H,30,32). The van der Waals surface area contributed by atoms with Gasteiger partial charge in [-0.2, -0.15) is 0 Å².